The first kappa shape index (κ1) is 29.8. The number of fused-ring (bicyclic) bond motifs is 1. The molecule has 5 rings (SSSR count). The smallest absolute Gasteiger partial charge is 0.407 e. The van der Waals surface area contributed by atoms with E-state index in [0.717, 1.165) is 22.3 Å². The van der Waals surface area contributed by atoms with E-state index in [9.17, 15) is 19.8 Å². The zero-order chi connectivity index (χ0) is 29.3. The second kappa shape index (κ2) is 14.4. The zero-order valence-electron chi connectivity index (χ0n) is 23.7. The molecule has 1 aliphatic carbocycles. The quantitative estimate of drug-likeness (QED) is 0.277. The third-order valence-corrected chi connectivity index (χ3v) is 8.23. The Labute approximate surface area is 247 Å². The predicted molar refractivity (Wildman–Crippen MR) is 159 cm³/mol. The number of carbonyl (C=O) groups excluding carboxylic acids is 2. The van der Waals surface area contributed by atoms with E-state index in [0.29, 0.717) is 45.3 Å². The fourth-order valence-electron chi connectivity index (χ4n) is 5.94. The number of aliphatic hydroxyl groups is 2. The second-order valence-corrected chi connectivity index (χ2v) is 11.3. The van der Waals surface area contributed by atoms with Crippen LogP contribution in [0.1, 0.15) is 47.6 Å². The number of amides is 2. The van der Waals surface area contributed by atoms with Crippen molar-refractivity contribution in [3.05, 3.63) is 107 Å². The summed E-state index contributed by atoms with van der Waals surface area (Å²) in [4.78, 5) is 26.7. The Hall–Kier alpha value is -3.72. The molecule has 3 aromatic carbocycles. The largest absolute Gasteiger partial charge is 0.446 e. The van der Waals surface area contributed by atoms with Crippen molar-refractivity contribution in [1.29, 1.82) is 0 Å². The maximum Gasteiger partial charge on any atom is 0.407 e. The average molecular weight is 573 g/mol. The van der Waals surface area contributed by atoms with Crippen LogP contribution in [-0.2, 0) is 33.5 Å². The normalized spacial score (nSPS) is 20.6. The molecule has 8 heteroatoms. The van der Waals surface area contributed by atoms with Gasteiger partial charge in [0.05, 0.1) is 37.5 Å². The molecule has 4 N–H and O–H groups in total. The minimum absolute atomic E-state index is 0.111. The van der Waals surface area contributed by atoms with Gasteiger partial charge in [-0.25, -0.2) is 4.79 Å². The summed E-state index contributed by atoms with van der Waals surface area (Å²) in [5, 5.41) is 28.3. The maximum absolute atomic E-state index is 13.8. The molecule has 1 aliphatic heterocycles. The number of nitrogens with one attached hydrogen (secondary N) is 2. The molecule has 42 heavy (non-hydrogen) atoms. The van der Waals surface area contributed by atoms with Gasteiger partial charge in [0.25, 0.3) is 0 Å². The van der Waals surface area contributed by atoms with Crippen LogP contribution in [0.2, 0.25) is 0 Å². The number of alkyl carbamates (subject to hydrolysis) is 1. The molecule has 0 saturated carbocycles. The van der Waals surface area contributed by atoms with Gasteiger partial charge in [0.2, 0.25) is 5.91 Å². The van der Waals surface area contributed by atoms with Crippen LogP contribution in [-0.4, -0.2) is 59.8 Å². The van der Waals surface area contributed by atoms with E-state index in [2.05, 4.69) is 10.6 Å². The lowest BCUT2D eigenvalue weighted by atomic mass is 9.88. The van der Waals surface area contributed by atoms with E-state index in [-0.39, 0.29) is 18.4 Å². The standard InChI is InChI=1S/C34H40N2O6/c37-30(29(20-24-11-5-2-6-12-24)35-34(40)42-27-15-17-41-18-16-27)22-26(19-23-9-3-1-4-10-23)33(39)36-32-28-14-8-7-13-25(28)21-31(32)38/h1-14,26-27,29-32,37-38H,15-22H2,(H,35,40)(H,36,39)/t26-,29+,30+,31-,32+/m1/s1. The van der Waals surface area contributed by atoms with Crippen LogP contribution < -0.4 is 10.6 Å². The number of ether oxygens (including phenoxy) is 2. The lowest BCUT2D eigenvalue weighted by molar-refractivity contribution is -0.127. The Morgan fingerprint density at radius 1 is 0.881 bits per heavy atom. The molecule has 2 amide bonds. The van der Waals surface area contributed by atoms with Crippen molar-refractivity contribution in [3.63, 3.8) is 0 Å². The van der Waals surface area contributed by atoms with Gasteiger partial charge in [0.15, 0.2) is 0 Å². The molecular weight excluding hydrogens is 532 g/mol. The van der Waals surface area contributed by atoms with Crippen LogP contribution in [0, 0.1) is 5.92 Å². The molecular formula is C34H40N2O6. The summed E-state index contributed by atoms with van der Waals surface area (Å²) in [6.07, 6.45) is 0.0591. The van der Waals surface area contributed by atoms with Crippen molar-refractivity contribution in [2.75, 3.05) is 13.2 Å². The number of hydrogen-bond acceptors (Lipinski definition) is 6. The van der Waals surface area contributed by atoms with Crippen molar-refractivity contribution < 1.29 is 29.3 Å². The Bertz CT molecular complexity index is 1300. The van der Waals surface area contributed by atoms with Crippen molar-refractivity contribution >= 4 is 12.0 Å². The minimum Gasteiger partial charge on any atom is -0.446 e. The third kappa shape index (κ3) is 7.97. The molecule has 8 nitrogen and oxygen atoms in total. The van der Waals surface area contributed by atoms with Gasteiger partial charge < -0.3 is 30.3 Å². The minimum atomic E-state index is -1.03. The molecule has 222 valence electrons. The van der Waals surface area contributed by atoms with E-state index < -0.39 is 36.3 Å². The highest BCUT2D eigenvalue weighted by atomic mass is 16.6. The van der Waals surface area contributed by atoms with Gasteiger partial charge in [-0.05, 0) is 41.5 Å². The molecule has 0 spiro atoms. The molecule has 3 aromatic rings. The van der Waals surface area contributed by atoms with Crippen molar-refractivity contribution in [3.8, 4) is 0 Å². The fraction of sp³-hybridized carbons (Fsp3) is 0.412. The summed E-state index contributed by atoms with van der Waals surface area (Å²) in [5.41, 5.74) is 3.84. The predicted octanol–water partition coefficient (Wildman–Crippen LogP) is 3.89. The first-order valence-corrected chi connectivity index (χ1v) is 14.8. The highest BCUT2D eigenvalue weighted by Gasteiger charge is 2.35. The molecule has 0 aromatic heterocycles. The first-order chi connectivity index (χ1) is 20.5. The van der Waals surface area contributed by atoms with E-state index in [1.54, 1.807) is 0 Å². The summed E-state index contributed by atoms with van der Waals surface area (Å²) < 4.78 is 11.0. The Balaban J connectivity index is 1.32. The van der Waals surface area contributed by atoms with Crippen LogP contribution in [0.25, 0.3) is 0 Å². The number of carbonyl (C=O) groups is 2. The highest BCUT2D eigenvalue weighted by Crippen LogP contribution is 2.32. The number of rotatable bonds is 11. The van der Waals surface area contributed by atoms with E-state index >= 15 is 0 Å². The fourth-order valence-corrected chi connectivity index (χ4v) is 5.94. The van der Waals surface area contributed by atoms with Crippen molar-refractivity contribution in [2.24, 2.45) is 5.92 Å². The molecule has 0 bridgehead atoms. The maximum atomic E-state index is 13.8. The Kier molecular flexibility index (Phi) is 10.2. The summed E-state index contributed by atoms with van der Waals surface area (Å²) in [7, 11) is 0. The average Bonchev–Trinajstić information content (AvgIpc) is 3.32. The lowest BCUT2D eigenvalue weighted by Crippen LogP contribution is -2.48. The monoisotopic (exact) mass is 572 g/mol. The van der Waals surface area contributed by atoms with Gasteiger partial charge in [-0.3, -0.25) is 4.79 Å². The van der Waals surface area contributed by atoms with Gasteiger partial charge >= 0.3 is 6.09 Å². The summed E-state index contributed by atoms with van der Waals surface area (Å²) in [6.45, 7) is 1.09. The van der Waals surface area contributed by atoms with E-state index in [1.165, 1.54) is 0 Å². The number of aliphatic hydroxyl groups excluding tert-OH is 2. The lowest BCUT2D eigenvalue weighted by Gasteiger charge is -2.29. The molecule has 0 radical (unpaired) electrons. The van der Waals surface area contributed by atoms with Gasteiger partial charge in [-0.1, -0.05) is 84.9 Å². The summed E-state index contributed by atoms with van der Waals surface area (Å²) in [6, 6.07) is 25.8. The third-order valence-electron chi connectivity index (χ3n) is 8.23. The van der Waals surface area contributed by atoms with E-state index in [4.69, 9.17) is 9.47 Å². The summed E-state index contributed by atoms with van der Waals surface area (Å²) >= 11 is 0. The first-order valence-electron chi connectivity index (χ1n) is 14.8. The molecule has 1 heterocycles. The molecule has 5 atom stereocenters. The second-order valence-electron chi connectivity index (χ2n) is 11.3. The van der Waals surface area contributed by atoms with Gasteiger partial charge in [0, 0.05) is 25.2 Å². The Morgan fingerprint density at radius 3 is 2.19 bits per heavy atom. The molecule has 2 aliphatic rings. The number of benzene rings is 3. The van der Waals surface area contributed by atoms with Crippen LogP contribution in [0.4, 0.5) is 4.79 Å². The molecule has 1 saturated heterocycles. The highest BCUT2D eigenvalue weighted by molar-refractivity contribution is 5.80. The molecule has 1 fully saturated rings. The van der Waals surface area contributed by atoms with Crippen molar-refractivity contribution in [1.82, 2.24) is 10.6 Å². The van der Waals surface area contributed by atoms with Gasteiger partial charge in [-0.15, -0.1) is 0 Å². The SMILES string of the molecule is O=C(N[C@@H](Cc1ccccc1)[C@@H](O)C[C@@H](Cc1ccccc1)C(=O)N[C@H]1c2ccccc2C[C@H]1O)OC1CCOCC1. The molecule has 0 unspecified atom stereocenters. The van der Waals surface area contributed by atoms with Crippen molar-refractivity contribution in [2.45, 2.75) is 68.9 Å². The topological polar surface area (TPSA) is 117 Å². The van der Waals surface area contributed by atoms with Gasteiger partial charge in [0.1, 0.15) is 6.10 Å². The van der Waals surface area contributed by atoms with Gasteiger partial charge in [-0.2, -0.15) is 0 Å². The van der Waals surface area contributed by atoms with Crippen LogP contribution >= 0.6 is 0 Å². The van der Waals surface area contributed by atoms with Crippen LogP contribution in [0.3, 0.4) is 0 Å². The van der Waals surface area contributed by atoms with Crippen LogP contribution in [0.5, 0.6) is 0 Å². The van der Waals surface area contributed by atoms with Crippen LogP contribution in [0.15, 0.2) is 84.9 Å². The Morgan fingerprint density at radius 2 is 1.50 bits per heavy atom. The zero-order valence-corrected chi connectivity index (χ0v) is 23.7. The summed E-state index contributed by atoms with van der Waals surface area (Å²) in [5.74, 6) is -0.851. The van der Waals surface area contributed by atoms with E-state index in [1.807, 2.05) is 84.9 Å². The number of hydrogen-bond donors (Lipinski definition) is 4.